The van der Waals surface area contributed by atoms with Crippen LogP contribution in [0.2, 0.25) is 0 Å². The Morgan fingerprint density at radius 1 is 1.67 bits per heavy atom. The second-order valence-corrected chi connectivity index (χ2v) is 2.89. The highest BCUT2D eigenvalue weighted by atomic mass is 16.9. The molecule has 4 nitrogen and oxygen atoms in total. The first-order valence-corrected chi connectivity index (χ1v) is 4.12. The highest BCUT2D eigenvalue weighted by Crippen LogP contribution is 2.19. The predicted octanol–water partition coefficient (Wildman–Crippen LogP) is 0.0133. The fourth-order valence-electron chi connectivity index (χ4n) is 1.34. The molecule has 0 saturated heterocycles. The van der Waals surface area contributed by atoms with Gasteiger partial charge in [-0.05, 0) is 18.9 Å². The van der Waals surface area contributed by atoms with Gasteiger partial charge in [-0.3, -0.25) is 0 Å². The van der Waals surface area contributed by atoms with E-state index in [1.54, 1.807) is 7.11 Å². The van der Waals surface area contributed by atoms with Gasteiger partial charge in [0, 0.05) is 6.42 Å². The Hall–Kier alpha value is -0.580. The van der Waals surface area contributed by atoms with Gasteiger partial charge in [-0.2, -0.15) is 0 Å². The molecule has 0 aliphatic heterocycles. The molecule has 1 aliphatic rings. The zero-order chi connectivity index (χ0) is 8.97. The van der Waals surface area contributed by atoms with Crippen LogP contribution in [0, 0.1) is 5.21 Å². The van der Waals surface area contributed by atoms with Crippen LogP contribution < -0.4 is 5.23 Å². The Morgan fingerprint density at radius 3 is 3.00 bits per heavy atom. The lowest BCUT2D eigenvalue weighted by Crippen LogP contribution is -3.03. The minimum absolute atomic E-state index is 0.0162. The third-order valence-electron chi connectivity index (χ3n) is 1.88. The van der Waals surface area contributed by atoms with E-state index >= 15 is 0 Å². The molecule has 2 atom stereocenters. The Balaban J connectivity index is 2.35. The highest BCUT2D eigenvalue weighted by molar-refractivity contribution is 4.99. The number of nitrogens with one attached hydrogen (secondary N) is 1. The fraction of sp³-hybridized carbons (Fsp3) is 0.750. The van der Waals surface area contributed by atoms with Gasteiger partial charge in [0.05, 0.1) is 19.9 Å². The minimum Gasteiger partial charge on any atom is -0.600 e. The summed E-state index contributed by atoms with van der Waals surface area (Å²) in [5, 5.41) is 10.4. The lowest BCUT2D eigenvalue weighted by Gasteiger charge is -2.24. The van der Waals surface area contributed by atoms with Crippen LogP contribution >= 0.6 is 0 Å². The molecule has 0 bridgehead atoms. The molecule has 0 radical (unpaired) electrons. The van der Waals surface area contributed by atoms with Crippen molar-refractivity contribution in [1.29, 1.82) is 0 Å². The van der Waals surface area contributed by atoms with Crippen LogP contribution in [0.5, 0.6) is 0 Å². The molecule has 0 spiro atoms. The van der Waals surface area contributed by atoms with E-state index in [-0.39, 0.29) is 11.3 Å². The number of hydrogen-bond acceptors (Lipinski definition) is 3. The van der Waals surface area contributed by atoms with Crippen LogP contribution in [-0.2, 0) is 9.57 Å². The van der Waals surface area contributed by atoms with Crippen molar-refractivity contribution in [2.24, 2.45) is 0 Å². The van der Waals surface area contributed by atoms with Gasteiger partial charge in [0.15, 0.2) is 0 Å². The molecular weight excluding hydrogens is 158 g/mol. The van der Waals surface area contributed by atoms with Crippen LogP contribution in [0.1, 0.15) is 19.3 Å². The minimum atomic E-state index is -0.211. The van der Waals surface area contributed by atoms with Crippen molar-refractivity contribution in [2.75, 3.05) is 14.2 Å². The Morgan fingerprint density at radius 2 is 2.42 bits per heavy atom. The van der Waals surface area contributed by atoms with Crippen LogP contribution in [0.3, 0.4) is 0 Å². The lowest BCUT2D eigenvalue weighted by molar-refractivity contribution is -1.04. The average Bonchev–Trinajstić information content (AvgIpc) is 2.03. The van der Waals surface area contributed by atoms with E-state index in [9.17, 15) is 5.21 Å². The summed E-state index contributed by atoms with van der Waals surface area (Å²) in [4.78, 5) is 5.06. The topological polar surface area (TPSA) is 46.0 Å². The van der Waals surface area contributed by atoms with E-state index in [0.29, 0.717) is 0 Å². The maximum Gasteiger partial charge on any atom is 0.124 e. The highest BCUT2D eigenvalue weighted by Gasteiger charge is 2.18. The van der Waals surface area contributed by atoms with Gasteiger partial charge in [-0.25, -0.2) is 10.1 Å². The molecule has 0 heterocycles. The molecule has 1 N–H and O–H groups in total. The summed E-state index contributed by atoms with van der Waals surface area (Å²) in [6.45, 7) is 0. The van der Waals surface area contributed by atoms with E-state index in [1.807, 2.05) is 6.08 Å². The molecule has 1 aliphatic carbocycles. The standard InChI is InChI=1S/C8H15NO3/c1-9(10)12-8-5-3-4-7(6-8)11-2/h4,8-9H,3,5-6H2,1-2H3. The van der Waals surface area contributed by atoms with Gasteiger partial charge in [-0.1, -0.05) is 0 Å². The van der Waals surface area contributed by atoms with Crippen molar-refractivity contribution in [3.8, 4) is 0 Å². The molecule has 1 rings (SSSR count). The average molecular weight is 173 g/mol. The van der Waals surface area contributed by atoms with Crippen molar-refractivity contribution in [3.63, 3.8) is 0 Å². The number of methoxy groups -OCH3 is 1. The van der Waals surface area contributed by atoms with E-state index in [1.165, 1.54) is 7.05 Å². The molecule has 70 valence electrons. The SMILES string of the molecule is COC1=CCCC(O[NH+](C)[O-])C1. The number of hydroxylamine groups is 2. The molecule has 0 saturated carbocycles. The molecule has 2 unspecified atom stereocenters. The third kappa shape index (κ3) is 2.81. The van der Waals surface area contributed by atoms with Crippen molar-refractivity contribution in [3.05, 3.63) is 17.0 Å². The van der Waals surface area contributed by atoms with E-state index in [2.05, 4.69) is 0 Å². The molecule has 0 aromatic rings. The molecule has 0 fully saturated rings. The summed E-state index contributed by atoms with van der Waals surface area (Å²) in [6, 6.07) is 0. The molecular formula is C8H15NO3. The lowest BCUT2D eigenvalue weighted by atomic mass is 10.0. The van der Waals surface area contributed by atoms with Crippen LogP contribution in [0.25, 0.3) is 0 Å². The molecule has 12 heavy (non-hydrogen) atoms. The third-order valence-corrected chi connectivity index (χ3v) is 1.88. The maximum atomic E-state index is 10.6. The molecule has 0 aromatic heterocycles. The predicted molar refractivity (Wildman–Crippen MR) is 44.1 cm³/mol. The summed E-state index contributed by atoms with van der Waals surface area (Å²) in [5.74, 6) is 0.924. The van der Waals surface area contributed by atoms with Crippen LogP contribution in [0.4, 0.5) is 0 Å². The Kier molecular flexibility index (Phi) is 3.52. The first kappa shape index (κ1) is 9.51. The first-order valence-electron chi connectivity index (χ1n) is 4.12. The molecule has 0 aromatic carbocycles. The Bertz CT molecular complexity index is 168. The normalized spacial score (nSPS) is 26.2. The Labute approximate surface area is 72.3 Å². The number of ether oxygens (including phenoxy) is 1. The quantitative estimate of drug-likeness (QED) is 0.612. The summed E-state index contributed by atoms with van der Waals surface area (Å²) in [7, 11) is 3.08. The monoisotopic (exact) mass is 173 g/mol. The van der Waals surface area contributed by atoms with Crippen LogP contribution in [-0.4, -0.2) is 20.3 Å². The smallest absolute Gasteiger partial charge is 0.124 e. The zero-order valence-corrected chi connectivity index (χ0v) is 7.50. The second kappa shape index (κ2) is 4.45. The largest absolute Gasteiger partial charge is 0.600 e. The van der Waals surface area contributed by atoms with Gasteiger partial charge >= 0.3 is 0 Å². The first-order chi connectivity index (χ1) is 5.72. The van der Waals surface area contributed by atoms with Crippen molar-refractivity contribution >= 4 is 0 Å². The molecule has 0 amide bonds. The van der Waals surface area contributed by atoms with E-state index in [4.69, 9.17) is 9.57 Å². The van der Waals surface area contributed by atoms with E-state index in [0.717, 1.165) is 25.0 Å². The van der Waals surface area contributed by atoms with E-state index < -0.39 is 0 Å². The number of quaternary nitrogens is 1. The van der Waals surface area contributed by atoms with Crippen molar-refractivity contribution in [2.45, 2.75) is 25.4 Å². The fourth-order valence-corrected chi connectivity index (χ4v) is 1.34. The summed E-state index contributed by atoms with van der Waals surface area (Å²) in [5.41, 5.74) is 0. The van der Waals surface area contributed by atoms with Gasteiger partial charge < -0.3 is 9.94 Å². The van der Waals surface area contributed by atoms with Crippen molar-refractivity contribution < 1.29 is 14.8 Å². The zero-order valence-electron chi connectivity index (χ0n) is 7.50. The summed E-state index contributed by atoms with van der Waals surface area (Å²) < 4.78 is 5.07. The summed E-state index contributed by atoms with van der Waals surface area (Å²) in [6.07, 6.45) is 4.62. The van der Waals surface area contributed by atoms with Crippen LogP contribution in [0.15, 0.2) is 11.8 Å². The number of rotatable bonds is 3. The van der Waals surface area contributed by atoms with Gasteiger partial charge in [0.25, 0.3) is 0 Å². The second-order valence-electron chi connectivity index (χ2n) is 2.89. The van der Waals surface area contributed by atoms with Crippen molar-refractivity contribution in [1.82, 2.24) is 0 Å². The number of hydrogen-bond donors (Lipinski definition) is 1. The number of allylic oxidation sites excluding steroid dienone is 1. The molecule has 4 heteroatoms. The summed E-state index contributed by atoms with van der Waals surface area (Å²) >= 11 is 0. The van der Waals surface area contributed by atoms with Gasteiger partial charge in [-0.15, -0.1) is 0 Å². The van der Waals surface area contributed by atoms with Gasteiger partial charge in [0.2, 0.25) is 0 Å². The maximum absolute atomic E-state index is 10.6. The van der Waals surface area contributed by atoms with Gasteiger partial charge in [0.1, 0.15) is 6.10 Å².